The molecule has 1 amide bonds. The van der Waals surface area contributed by atoms with Gasteiger partial charge in [0, 0.05) is 55.2 Å². The largest absolute Gasteiger partial charge is 0.352 e. The number of thiocarbonyl (C=S) groups is 1. The molecule has 7 nitrogen and oxygen atoms in total. The van der Waals surface area contributed by atoms with Crippen molar-refractivity contribution in [2.75, 3.05) is 11.9 Å². The van der Waals surface area contributed by atoms with E-state index >= 15 is 0 Å². The highest BCUT2D eigenvalue weighted by Crippen LogP contribution is 2.41. The molecule has 0 radical (unpaired) electrons. The van der Waals surface area contributed by atoms with E-state index in [1.807, 2.05) is 73.1 Å². The van der Waals surface area contributed by atoms with E-state index in [0.717, 1.165) is 17.9 Å². The first-order chi connectivity index (χ1) is 18.0. The summed E-state index contributed by atoms with van der Waals surface area (Å²) in [6.45, 7) is 5.54. The lowest BCUT2D eigenvalue weighted by Crippen LogP contribution is -2.32. The molecule has 1 fully saturated rings. The van der Waals surface area contributed by atoms with E-state index in [4.69, 9.17) is 12.2 Å². The third kappa shape index (κ3) is 5.39. The zero-order chi connectivity index (χ0) is 25.8. The van der Waals surface area contributed by atoms with E-state index < -0.39 is 0 Å². The highest BCUT2D eigenvalue weighted by molar-refractivity contribution is 7.80. The van der Waals surface area contributed by atoms with E-state index in [2.05, 4.69) is 50.0 Å². The lowest BCUT2D eigenvalue weighted by atomic mass is 9.96. The van der Waals surface area contributed by atoms with Crippen molar-refractivity contribution in [1.29, 1.82) is 0 Å². The van der Waals surface area contributed by atoms with Crippen molar-refractivity contribution in [2.45, 2.75) is 38.9 Å². The van der Waals surface area contributed by atoms with Crippen LogP contribution in [0.1, 0.15) is 46.7 Å². The molecule has 0 saturated carbocycles. The van der Waals surface area contributed by atoms with Crippen LogP contribution in [-0.2, 0) is 11.3 Å². The Morgan fingerprint density at radius 2 is 1.78 bits per heavy atom. The number of amides is 1. The van der Waals surface area contributed by atoms with Crippen LogP contribution in [-0.4, -0.2) is 37.0 Å². The molecular formula is C29H30N6OS. The molecule has 4 heterocycles. The molecule has 2 atom stereocenters. The van der Waals surface area contributed by atoms with Gasteiger partial charge < -0.3 is 20.1 Å². The minimum Gasteiger partial charge on any atom is -0.352 e. The highest BCUT2D eigenvalue weighted by Gasteiger charge is 2.41. The maximum atomic E-state index is 12.8. The van der Waals surface area contributed by atoms with Crippen LogP contribution in [0.5, 0.6) is 0 Å². The Bertz CT molecular complexity index is 1370. The van der Waals surface area contributed by atoms with E-state index in [1.54, 1.807) is 6.20 Å². The summed E-state index contributed by atoms with van der Waals surface area (Å²) in [6.07, 6.45) is 5.77. The summed E-state index contributed by atoms with van der Waals surface area (Å²) in [7, 11) is 0. The maximum absolute atomic E-state index is 12.8. The molecule has 0 unspecified atom stereocenters. The molecule has 37 heavy (non-hydrogen) atoms. The number of nitrogens with one attached hydrogen (secondary N) is 2. The fourth-order valence-electron chi connectivity index (χ4n) is 4.99. The second kappa shape index (κ2) is 10.9. The summed E-state index contributed by atoms with van der Waals surface area (Å²) in [5.74, 6) is -0.0443. The van der Waals surface area contributed by atoms with Crippen LogP contribution in [0.25, 0.3) is 0 Å². The number of para-hydroxylation sites is 1. The Labute approximate surface area is 222 Å². The molecule has 2 N–H and O–H groups in total. The average molecular weight is 511 g/mol. The Morgan fingerprint density at radius 3 is 2.51 bits per heavy atom. The van der Waals surface area contributed by atoms with Crippen LogP contribution in [0.3, 0.4) is 0 Å². The van der Waals surface area contributed by atoms with Crippen LogP contribution in [0, 0.1) is 13.8 Å². The first kappa shape index (κ1) is 24.6. The Kier molecular flexibility index (Phi) is 7.28. The first-order valence-electron chi connectivity index (χ1n) is 12.4. The van der Waals surface area contributed by atoms with Crippen molar-refractivity contribution in [3.63, 3.8) is 0 Å². The fourth-order valence-corrected chi connectivity index (χ4v) is 5.32. The normalized spacial score (nSPS) is 17.0. The smallest absolute Gasteiger partial charge is 0.226 e. The average Bonchev–Trinajstić information content (AvgIpc) is 3.39. The van der Waals surface area contributed by atoms with Gasteiger partial charge in [-0.15, -0.1) is 0 Å². The van der Waals surface area contributed by atoms with Crippen LogP contribution < -0.4 is 10.6 Å². The van der Waals surface area contributed by atoms with Gasteiger partial charge in [0.25, 0.3) is 0 Å². The number of rotatable bonds is 8. The Morgan fingerprint density at radius 1 is 1.03 bits per heavy atom. The zero-order valence-electron chi connectivity index (χ0n) is 21.0. The van der Waals surface area contributed by atoms with Crippen molar-refractivity contribution in [1.82, 2.24) is 24.8 Å². The van der Waals surface area contributed by atoms with Gasteiger partial charge in [-0.25, -0.2) is 0 Å². The Balaban J connectivity index is 1.44. The van der Waals surface area contributed by atoms with Crippen LogP contribution in [0.4, 0.5) is 5.69 Å². The van der Waals surface area contributed by atoms with Crippen molar-refractivity contribution in [2.24, 2.45) is 0 Å². The van der Waals surface area contributed by atoms with Crippen LogP contribution in [0.15, 0.2) is 85.3 Å². The number of carbonyl (C=O) groups is 1. The predicted molar refractivity (Wildman–Crippen MR) is 149 cm³/mol. The minimum atomic E-state index is -0.124. The van der Waals surface area contributed by atoms with Gasteiger partial charge in [0.15, 0.2) is 5.11 Å². The number of pyridine rings is 2. The third-order valence-electron chi connectivity index (χ3n) is 6.86. The van der Waals surface area contributed by atoms with Gasteiger partial charge in [-0.05, 0) is 79.7 Å². The quantitative estimate of drug-likeness (QED) is 0.327. The molecular weight excluding hydrogens is 480 g/mol. The number of carbonyl (C=O) groups excluding carboxylic acids is 1. The molecule has 5 rings (SSSR count). The number of nitrogens with zero attached hydrogens (tertiary/aromatic N) is 4. The van der Waals surface area contributed by atoms with Gasteiger partial charge in [0.1, 0.15) is 0 Å². The summed E-state index contributed by atoms with van der Waals surface area (Å²) < 4.78 is 2.32. The van der Waals surface area contributed by atoms with E-state index in [1.165, 1.54) is 22.5 Å². The number of hydrogen-bond donors (Lipinski definition) is 2. The highest BCUT2D eigenvalue weighted by atomic mass is 32.1. The molecule has 0 spiro atoms. The second-order valence-electron chi connectivity index (χ2n) is 9.25. The van der Waals surface area contributed by atoms with Crippen LogP contribution >= 0.6 is 12.2 Å². The van der Waals surface area contributed by atoms with Gasteiger partial charge in [-0.1, -0.05) is 24.3 Å². The van der Waals surface area contributed by atoms with E-state index in [9.17, 15) is 4.79 Å². The zero-order valence-corrected chi connectivity index (χ0v) is 21.8. The molecule has 4 aromatic rings. The van der Waals surface area contributed by atoms with Crippen molar-refractivity contribution >= 4 is 28.9 Å². The summed E-state index contributed by atoms with van der Waals surface area (Å²) in [5.41, 5.74) is 6.42. The molecule has 188 valence electrons. The van der Waals surface area contributed by atoms with Gasteiger partial charge in [0.05, 0.1) is 17.8 Å². The number of hydrogen-bond acceptors (Lipinski definition) is 4. The van der Waals surface area contributed by atoms with Gasteiger partial charge in [-0.3, -0.25) is 14.8 Å². The lowest BCUT2D eigenvalue weighted by Gasteiger charge is -2.28. The SMILES string of the molecule is Cc1cc([C@@H]2[C@H](c3ccccn3)NC(=S)N2CCC(=O)Nc2ccccc2)c(C)n1Cc1ccncc1. The molecule has 8 heteroatoms. The summed E-state index contributed by atoms with van der Waals surface area (Å²) in [5, 5.41) is 7.10. The molecule has 1 saturated heterocycles. The van der Waals surface area contributed by atoms with Crippen molar-refractivity contribution < 1.29 is 4.79 Å². The number of aryl methyl sites for hydroxylation is 1. The maximum Gasteiger partial charge on any atom is 0.226 e. The summed E-state index contributed by atoms with van der Waals surface area (Å²) >= 11 is 5.81. The molecule has 1 aliphatic heterocycles. The van der Waals surface area contributed by atoms with Crippen molar-refractivity contribution in [3.8, 4) is 0 Å². The predicted octanol–water partition coefficient (Wildman–Crippen LogP) is 4.94. The van der Waals surface area contributed by atoms with E-state index in [0.29, 0.717) is 18.1 Å². The topological polar surface area (TPSA) is 75.1 Å². The third-order valence-corrected chi connectivity index (χ3v) is 7.21. The monoisotopic (exact) mass is 510 g/mol. The lowest BCUT2D eigenvalue weighted by molar-refractivity contribution is -0.116. The molecule has 0 aliphatic carbocycles. The Hall–Kier alpha value is -4.04. The number of benzene rings is 1. The molecule has 1 aromatic carbocycles. The number of aromatic nitrogens is 3. The number of anilines is 1. The fraction of sp³-hybridized carbons (Fsp3) is 0.241. The molecule has 0 bridgehead atoms. The standard InChI is InChI=1S/C29H30N6OS/c1-20-18-24(21(2)35(20)19-22-11-15-30-16-12-22)28-27(25-10-6-7-14-31-25)33-29(37)34(28)17-13-26(36)32-23-8-4-3-5-9-23/h3-12,14-16,18,27-28H,13,17,19H2,1-2H3,(H,32,36)(H,33,37)/t27-,28+/m0/s1. The van der Waals surface area contributed by atoms with E-state index in [-0.39, 0.29) is 18.0 Å². The second-order valence-corrected chi connectivity index (χ2v) is 9.64. The van der Waals surface area contributed by atoms with Gasteiger partial charge in [0.2, 0.25) is 5.91 Å². The first-order valence-corrected chi connectivity index (χ1v) is 12.8. The summed E-state index contributed by atoms with van der Waals surface area (Å²) in [4.78, 5) is 23.7. The molecule has 1 aliphatic rings. The van der Waals surface area contributed by atoms with Crippen LogP contribution in [0.2, 0.25) is 0 Å². The van der Waals surface area contributed by atoms with Gasteiger partial charge >= 0.3 is 0 Å². The van der Waals surface area contributed by atoms with Crippen molar-refractivity contribution in [3.05, 3.63) is 114 Å². The minimum absolute atomic E-state index is 0.0443. The summed E-state index contributed by atoms with van der Waals surface area (Å²) in [6, 6.07) is 21.5. The van der Waals surface area contributed by atoms with Gasteiger partial charge in [-0.2, -0.15) is 0 Å². The molecule has 3 aromatic heterocycles.